The van der Waals surface area contributed by atoms with Gasteiger partial charge >= 0.3 is 0 Å². The van der Waals surface area contributed by atoms with Gasteiger partial charge in [0.15, 0.2) is 0 Å². The van der Waals surface area contributed by atoms with E-state index in [0.29, 0.717) is 15.6 Å². The third-order valence-corrected chi connectivity index (χ3v) is 3.92. The van der Waals surface area contributed by atoms with Crippen LogP contribution in [0, 0.1) is 10.1 Å². The Labute approximate surface area is 134 Å². The number of nitro benzene ring substituents is 1. The fourth-order valence-corrected chi connectivity index (χ4v) is 2.77. The van der Waals surface area contributed by atoms with Crippen LogP contribution in [0.1, 0.15) is 5.56 Å². The van der Waals surface area contributed by atoms with Crippen LogP contribution in [0.15, 0.2) is 40.9 Å². The summed E-state index contributed by atoms with van der Waals surface area (Å²) in [5, 5.41) is 15.0. The molecular weight excluding hydrogens is 367 g/mol. The minimum Gasteiger partial charge on any atom is -0.380 e. The lowest BCUT2D eigenvalue weighted by molar-refractivity contribution is -0.385. The fourth-order valence-electron chi connectivity index (χ4n) is 1.71. The van der Waals surface area contributed by atoms with E-state index in [9.17, 15) is 10.1 Å². The zero-order valence-electron chi connectivity index (χ0n) is 10.1. The Morgan fingerprint density at radius 2 is 2.00 bits per heavy atom. The smallest absolute Gasteiger partial charge is 0.275 e. The summed E-state index contributed by atoms with van der Waals surface area (Å²) in [6.45, 7) is 0.246. The van der Waals surface area contributed by atoms with E-state index in [1.54, 1.807) is 30.3 Å². The highest BCUT2D eigenvalue weighted by Gasteiger charge is 2.16. The van der Waals surface area contributed by atoms with Crippen LogP contribution in [0.4, 0.5) is 11.4 Å². The van der Waals surface area contributed by atoms with E-state index in [2.05, 4.69) is 21.2 Å². The maximum absolute atomic E-state index is 11.0. The van der Waals surface area contributed by atoms with Crippen molar-refractivity contribution in [1.82, 2.24) is 0 Å². The molecule has 0 heterocycles. The Morgan fingerprint density at radius 1 is 1.25 bits per heavy atom. The van der Waals surface area contributed by atoms with E-state index >= 15 is 0 Å². The molecular formula is C13H9BrCl2N2O2. The molecule has 0 aliphatic carbocycles. The molecule has 0 aromatic heterocycles. The van der Waals surface area contributed by atoms with Gasteiger partial charge in [-0.05, 0) is 40.2 Å². The third-order valence-electron chi connectivity index (χ3n) is 2.68. The van der Waals surface area contributed by atoms with Crippen molar-refractivity contribution in [2.24, 2.45) is 0 Å². The molecule has 0 aliphatic rings. The molecule has 0 unspecified atom stereocenters. The highest BCUT2D eigenvalue weighted by molar-refractivity contribution is 9.10. The molecule has 0 aliphatic heterocycles. The van der Waals surface area contributed by atoms with Gasteiger partial charge in [0.25, 0.3) is 5.69 Å². The first-order chi connectivity index (χ1) is 9.49. The van der Waals surface area contributed by atoms with Gasteiger partial charge in [0.1, 0.15) is 0 Å². The van der Waals surface area contributed by atoms with E-state index in [4.69, 9.17) is 23.2 Å². The van der Waals surface area contributed by atoms with E-state index in [1.807, 2.05) is 0 Å². The molecule has 2 aromatic rings. The number of nitrogens with zero attached hydrogens (tertiary/aromatic N) is 1. The molecule has 0 bridgehead atoms. The molecule has 2 rings (SSSR count). The molecule has 0 fully saturated rings. The van der Waals surface area contributed by atoms with Gasteiger partial charge in [0, 0.05) is 27.8 Å². The van der Waals surface area contributed by atoms with Gasteiger partial charge in [0.05, 0.1) is 15.5 Å². The second kappa shape index (κ2) is 6.43. The Balaban J connectivity index is 2.25. The second-order valence-corrected chi connectivity index (χ2v) is 5.67. The lowest BCUT2D eigenvalue weighted by atomic mass is 10.1. The first-order valence-electron chi connectivity index (χ1n) is 5.59. The van der Waals surface area contributed by atoms with Crippen LogP contribution >= 0.6 is 39.1 Å². The Kier molecular flexibility index (Phi) is 4.86. The van der Waals surface area contributed by atoms with Crippen LogP contribution in [0.5, 0.6) is 0 Å². The molecule has 20 heavy (non-hydrogen) atoms. The van der Waals surface area contributed by atoms with Gasteiger partial charge in [-0.2, -0.15) is 0 Å². The van der Waals surface area contributed by atoms with Gasteiger partial charge in [-0.15, -0.1) is 0 Å². The molecule has 0 radical (unpaired) electrons. The molecule has 1 N–H and O–H groups in total. The van der Waals surface area contributed by atoms with Crippen molar-refractivity contribution in [2.45, 2.75) is 6.54 Å². The molecule has 104 valence electrons. The minimum absolute atomic E-state index is 0.00455. The average Bonchev–Trinajstić information content (AvgIpc) is 2.38. The summed E-state index contributed by atoms with van der Waals surface area (Å²) >= 11 is 15.3. The first-order valence-corrected chi connectivity index (χ1v) is 7.14. The maximum atomic E-state index is 11.0. The topological polar surface area (TPSA) is 55.2 Å². The van der Waals surface area contributed by atoms with Crippen molar-refractivity contribution < 1.29 is 4.92 Å². The molecule has 0 atom stereocenters. The van der Waals surface area contributed by atoms with Crippen LogP contribution in [0.25, 0.3) is 0 Å². The summed E-state index contributed by atoms with van der Waals surface area (Å²) in [5.41, 5.74) is 1.22. The minimum atomic E-state index is -0.445. The van der Waals surface area contributed by atoms with Crippen molar-refractivity contribution in [3.8, 4) is 0 Å². The number of halogens is 3. The predicted octanol–water partition coefficient (Wildman–Crippen LogP) is 5.28. The lowest BCUT2D eigenvalue weighted by Crippen LogP contribution is -2.04. The zero-order valence-corrected chi connectivity index (χ0v) is 13.2. The number of hydrogen-bond donors (Lipinski definition) is 1. The van der Waals surface area contributed by atoms with Crippen molar-refractivity contribution in [1.29, 1.82) is 0 Å². The zero-order chi connectivity index (χ0) is 14.7. The van der Waals surface area contributed by atoms with Gasteiger partial charge in [-0.25, -0.2) is 0 Å². The van der Waals surface area contributed by atoms with Crippen molar-refractivity contribution in [3.05, 3.63) is 66.6 Å². The lowest BCUT2D eigenvalue weighted by Gasteiger charge is -2.10. The predicted molar refractivity (Wildman–Crippen MR) is 84.6 cm³/mol. The van der Waals surface area contributed by atoms with Crippen LogP contribution in [0.2, 0.25) is 10.0 Å². The summed E-state index contributed by atoms with van der Waals surface area (Å²) < 4.78 is 0.778. The van der Waals surface area contributed by atoms with Crippen LogP contribution < -0.4 is 5.32 Å². The number of benzene rings is 2. The standard InChI is InChI=1S/C13H9BrCl2N2O2/c14-10-6-8(15)4-5-12(10)17-7-9-11(16)2-1-3-13(9)18(19)20/h1-6,17H,7H2. The quantitative estimate of drug-likeness (QED) is 0.584. The fraction of sp³-hybridized carbons (Fsp3) is 0.0769. The maximum Gasteiger partial charge on any atom is 0.275 e. The summed E-state index contributed by atoms with van der Waals surface area (Å²) in [6, 6.07) is 9.88. The molecule has 0 amide bonds. The van der Waals surface area contributed by atoms with Crippen LogP contribution in [0.3, 0.4) is 0 Å². The first kappa shape index (κ1) is 15.1. The van der Waals surface area contributed by atoms with E-state index in [0.717, 1.165) is 10.2 Å². The summed E-state index contributed by atoms with van der Waals surface area (Å²) in [6.07, 6.45) is 0. The van der Waals surface area contributed by atoms with Crippen LogP contribution in [-0.2, 0) is 6.54 Å². The second-order valence-electron chi connectivity index (χ2n) is 3.97. The SMILES string of the molecule is O=[N+]([O-])c1cccc(Cl)c1CNc1ccc(Cl)cc1Br. The van der Waals surface area contributed by atoms with E-state index in [1.165, 1.54) is 6.07 Å². The van der Waals surface area contributed by atoms with Gasteiger partial charge in [0.2, 0.25) is 0 Å². The molecule has 0 saturated carbocycles. The van der Waals surface area contributed by atoms with Crippen molar-refractivity contribution in [3.63, 3.8) is 0 Å². The highest BCUT2D eigenvalue weighted by atomic mass is 79.9. The van der Waals surface area contributed by atoms with Crippen LogP contribution in [-0.4, -0.2) is 4.92 Å². The van der Waals surface area contributed by atoms with Crippen molar-refractivity contribution in [2.75, 3.05) is 5.32 Å². The Morgan fingerprint density at radius 3 is 2.65 bits per heavy atom. The molecule has 2 aromatic carbocycles. The third kappa shape index (κ3) is 3.42. The largest absolute Gasteiger partial charge is 0.380 e. The Hall–Kier alpha value is -1.30. The number of anilines is 1. The Bertz CT molecular complexity index is 665. The number of hydrogen-bond acceptors (Lipinski definition) is 3. The van der Waals surface area contributed by atoms with Gasteiger partial charge in [-0.1, -0.05) is 29.3 Å². The average molecular weight is 376 g/mol. The number of rotatable bonds is 4. The monoisotopic (exact) mass is 374 g/mol. The normalized spacial score (nSPS) is 10.3. The van der Waals surface area contributed by atoms with Gasteiger partial charge < -0.3 is 5.32 Å². The summed E-state index contributed by atoms with van der Waals surface area (Å²) in [5.74, 6) is 0. The highest BCUT2D eigenvalue weighted by Crippen LogP contribution is 2.30. The van der Waals surface area contributed by atoms with E-state index < -0.39 is 4.92 Å². The number of nitrogens with one attached hydrogen (secondary N) is 1. The molecule has 0 spiro atoms. The number of nitro groups is 1. The van der Waals surface area contributed by atoms with Gasteiger partial charge in [-0.3, -0.25) is 10.1 Å². The molecule has 4 nitrogen and oxygen atoms in total. The summed E-state index contributed by atoms with van der Waals surface area (Å²) in [4.78, 5) is 10.5. The summed E-state index contributed by atoms with van der Waals surface area (Å²) in [7, 11) is 0. The van der Waals surface area contributed by atoms with Crippen molar-refractivity contribution >= 4 is 50.5 Å². The molecule has 7 heteroatoms. The van der Waals surface area contributed by atoms with E-state index in [-0.39, 0.29) is 12.2 Å². The molecule has 0 saturated heterocycles.